The summed E-state index contributed by atoms with van der Waals surface area (Å²) >= 11 is 6.23. The molecule has 0 aliphatic carbocycles. The number of hydrogen-bond donors (Lipinski definition) is 3. The molecule has 0 radical (unpaired) electrons. The number of nitrogens with zero attached hydrogens (tertiary/aromatic N) is 3. The molecule has 0 amide bonds. The van der Waals surface area contributed by atoms with E-state index in [1.165, 1.54) is 11.1 Å². The molecule has 0 saturated carbocycles. The van der Waals surface area contributed by atoms with Crippen LogP contribution in [0.1, 0.15) is 22.6 Å². The number of aliphatic hydroxyl groups is 1. The van der Waals surface area contributed by atoms with Crippen LogP contribution in [-0.2, 0) is 11.2 Å². The number of benzene rings is 1. The zero-order chi connectivity index (χ0) is 21.7. The Labute approximate surface area is 182 Å². The normalized spacial score (nSPS) is 18.8. The topological polar surface area (TPSA) is 105 Å². The lowest BCUT2D eigenvalue weighted by Crippen LogP contribution is -2.32. The van der Waals surface area contributed by atoms with E-state index in [0.717, 1.165) is 11.3 Å². The second kappa shape index (κ2) is 7.64. The van der Waals surface area contributed by atoms with Crippen molar-refractivity contribution in [3.8, 4) is 0 Å². The second-order valence-electron chi connectivity index (χ2n) is 8.03. The van der Waals surface area contributed by atoms with Gasteiger partial charge in [0.05, 0.1) is 42.1 Å². The smallest absolute Gasteiger partial charge is 0.258 e. The van der Waals surface area contributed by atoms with E-state index in [9.17, 15) is 9.90 Å². The highest BCUT2D eigenvalue weighted by molar-refractivity contribution is 6.31. The molecule has 9 heteroatoms. The van der Waals surface area contributed by atoms with E-state index in [-0.39, 0.29) is 18.2 Å². The first-order chi connectivity index (χ1) is 14.9. The van der Waals surface area contributed by atoms with E-state index in [0.29, 0.717) is 40.5 Å². The van der Waals surface area contributed by atoms with Gasteiger partial charge >= 0.3 is 0 Å². The number of pyridine rings is 1. The zero-order valence-electron chi connectivity index (χ0n) is 17.1. The van der Waals surface area contributed by atoms with Gasteiger partial charge in [-0.2, -0.15) is 0 Å². The minimum absolute atomic E-state index is 0.266. The monoisotopic (exact) mass is 439 g/mol. The molecule has 3 aromatic heterocycles. The van der Waals surface area contributed by atoms with Gasteiger partial charge in [0.1, 0.15) is 17.0 Å². The standard InChI is InChI=1S/C22H22ClN5O3/c1-11-3-20-24-14(8-28(20)7-12(11)2)6-19-26-21-15(22(30)27-19)4-13(23)5-16(21)25-17-9-31-10-18(17)29/h3-5,7-8,17-18,25,29H,6,9-10H2,1-2H3,(H,26,27,30)/t17-,18+/m1/s1. The van der Waals surface area contributed by atoms with Gasteiger partial charge in [-0.1, -0.05) is 11.6 Å². The third-order valence-electron chi connectivity index (χ3n) is 5.67. The van der Waals surface area contributed by atoms with Crippen molar-refractivity contribution in [3.05, 3.63) is 68.6 Å². The molecular formula is C22H22ClN5O3. The molecule has 1 aliphatic heterocycles. The SMILES string of the molecule is Cc1cc2nc(Cc3nc4c(N[C@@H]5COC[C@@H]5O)cc(Cl)cc4c(=O)[nH]3)cn2cc1C. The van der Waals surface area contributed by atoms with Crippen molar-refractivity contribution >= 4 is 33.8 Å². The number of H-pyrrole nitrogens is 1. The van der Waals surface area contributed by atoms with Gasteiger partial charge in [-0.15, -0.1) is 0 Å². The number of imidazole rings is 1. The molecule has 1 aromatic carbocycles. The highest BCUT2D eigenvalue weighted by Gasteiger charge is 2.27. The summed E-state index contributed by atoms with van der Waals surface area (Å²) in [7, 11) is 0. The molecule has 4 aromatic rings. The maximum atomic E-state index is 12.8. The summed E-state index contributed by atoms with van der Waals surface area (Å²) in [5.41, 5.74) is 4.82. The molecule has 4 heterocycles. The van der Waals surface area contributed by atoms with Gasteiger partial charge < -0.3 is 24.5 Å². The first-order valence-electron chi connectivity index (χ1n) is 10.1. The van der Waals surface area contributed by atoms with Gasteiger partial charge in [0.15, 0.2) is 0 Å². The maximum Gasteiger partial charge on any atom is 0.258 e. The molecule has 160 valence electrons. The molecule has 2 atom stereocenters. The van der Waals surface area contributed by atoms with E-state index in [4.69, 9.17) is 21.3 Å². The number of rotatable bonds is 4. The highest BCUT2D eigenvalue weighted by atomic mass is 35.5. The Balaban J connectivity index is 1.54. The van der Waals surface area contributed by atoms with Crippen LogP contribution in [0.5, 0.6) is 0 Å². The van der Waals surface area contributed by atoms with Crippen molar-refractivity contribution in [1.82, 2.24) is 19.4 Å². The summed E-state index contributed by atoms with van der Waals surface area (Å²) in [5.74, 6) is 0.503. The summed E-state index contributed by atoms with van der Waals surface area (Å²) in [5, 5.41) is 14.1. The lowest BCUT2D eigenvalue weighted by molar-refractivity contribution is 0.125. The van der Waals surface area contributed by atoms with Crippen LogP contribution in [0, 0.1) is 13.8 Å². The first-order valence-corrected chi connectivity index (χ1v) is 10.4. The van der Waals surface area contributed by atoms with Crippen molar-refractivity contribution in [2.24, 2.45) is 0 Å². The predicted molar refractivity (Wildman–Crippen MR) is 119 cm³/mol. The number of aryl methyl sites for hydroxylation is 2. The number of fused-ring (bicyclic) bond motifs is 2. The Kier molecular flexibility index (Phi) is 4.92. The number of ether oxygens (including phenoxy) is 1. The second-order valence-corrected chi connectivity index (χ2v) is 8.47. The predicted octanol–water partition coefficient (Wildman–Crippen LogP) is 2.60. The molecule has 3 N–H and O–H groups in total. The highest BCUT2D eigenvalue weighted by Crippen LogP contribution is 2.27. The molecule has 1 aliphatic rings. The number of aliphatic hydroxyl groups excluding tert-OH is 1. The van der Waals surface area contributed by atoms with Crippen molar-refractivity contribution in [1.29, 1.82) is 0 Å². The van der Waals surface area contributed by atoms with Crippen molar-refractivity contribution < 1.29 is 9.84 Å². The Morgan fingerprint density at radius 2 is 2.06 bits per heavy atom. The van der Waals surface area contributed by atoms with Crippen molar-refractivity contribution in [2.75, 3.05) is 18.5 Å². The summed E-state index contributed by atoms with van der Waals surface area (Å²) in [6.07, 6.45) is 3.72. The van der Waals surface area contributed by atoms with Crippen LogP contribution in [0.15, 0.2) is 35.4 Å². The Bertz CT molecular complexity index is 1320. The maximum absolute atomic E-state index is 12.8. The summed E-state index contributed by atoms with van der Waals surface area (Å²) < 4.78 is 7.29. The lowest BCUT2D eigenvalue weighted by atomic mass is 10.1. The van der Waals surface area contributed by atoms with Crippen LogP contribution >= 0.6 is 11.6 Å². The average Bonchev–Trinajstić information content (AvgIpc) is 3.28. The summed E-state index contributed by atoms with van der Waals surface area (Å²) in [6.45, 7) is 4.74. The van der Waals surface area contributed by atoms with Gasteiger partial charge in [-0.25, -0.2) is 9.97 Å². The summed E-state index contributed by atoms with van der Waals surface area (Å²) in [4.78, 5) is 25.0. The Morgan fingerprint density at radius 3 is 2.84 bits per heavy atom. The zero-order valence-corrected chi connectivity index (χ0v) is 17.9. The van der Waals surface area contributed by atoms with Gasteiger partial charge in [-0.05, 0) is 43.2 Å². The molecule has 0 unspecified atom stereocenters. The fourth-order valence-electron chi connectivity index (χ4n) is 3.87. The van der Waals surface area contributed by atoms with Gasteiger partial charge in [0.25, 0.3) is 5.56 Å². The van der Waals surface area contributed by atoms with E-state index in [1.54, 1.807) is 12.1 Å². The molecular weight excluding hydrogens is 418 g/mol. The van der Waals surface area contributed by atoms with Crippen molar-refractivity contribution in [3.63, 3.8) is 0 Å². The number of nitrogens with one attached hydrogen (secondary N) is 2. The fourth-order valence-corrected chi connectivity index (χ4v) is 4.09. The minimum atomic E-state index is -0.639. The molecule has 8 nitrogen and oxygen atoms in total. The van der Waals surface area contributed by atoms with Crippen LogP contribution in [-0.4, -0.2) is 49.8 Å². The largest absolute Gasteiger partial charge is 0.388 e. The van der Waals surface area contributed by atoms with Crippen LogP contribution in [0.2, 0.25) is 5.02 Å². The van der Waals surface area contributed by atoms with Crippen LogP contribution < -0.4 is 10.9 Å². The molecule has 31 heavy (non-hydrogen) atoms. The molecule has 1 fully saturated rings. The van der Waals surface area contributed by atoms with Gasteiger partial charge in [0, 0.05) is 23.8 Å². The molecule has 0 spiro atoms. The van der Waals surface area contributed by atoms with Crippen LogP contribution in [0.3, 0.4) is 0 Å². The first kappa shape index (κ1) is 20.0. The van der Waals surface area contributed by atoms with Gasteiger partial charge in [-0.3, -0.25) is 4.79 Å². The number of hydrogen-bond acceptors (Lipinski definition) is 6. The Hall–Kier alpha value is -2.94. The third kappa shape index (κ3) is 3.78. The number of aromatic amines is 1. The third-order valence-corrected chi connectivity index (χ3v) is 5.89. The average molecular weight is 440 g/mol. The van der Waals surface area contributed by atoms with E-state index in [1.807, 2.05) is 22.9 Å². The van der Waals surface area contributed by atoms with E-state index >= 15 is 0 Å². The van der Waals surface area contributed by atoms with Crippen molar-refractivity contribution in [2.45, 2.75) is 32.4 Å². The van der Waals surface area contributed by atoms with E-state index in [2.05, 4.69) is 29.1 Å². The van der Waals surface area contributed by atoms with Crippen LogP contribution in [0.4, 0.5) is 5.69 Å². The van der Waals surface area contributed by atoms with Gasteiger partial charge in [0.2, 0.25) is 0 Å². The quantitative estimate of drug-likeness (QED) is 0.451. The van der Waals surface area contributed by atoms with Crippen LogP contribution in [0.25, 0.3) is 16.6 Å². The fraction of sp³-hybridized carbons (Fsp3) is 0.318. The Morgan fingerprint density at radius 1 is 1.23 bits per heavy atom. The molecule has 0 bridgehead atoms. The number of aromatic nitrogens is 4. The summed E-state index contributed by atoms with van der Waals surface area (Å²) in [6, 6.07) is 5.04. The molecule has 1 saturated heterocycles. The number of halogens is 1. The minimum Gasteiger partial charge on any atom is -0.388 e. The number of anilines is 1. The molecule has 5 rings (SSSR count). The van der Waals surface area contributed by atoms with E-state index < -0.39 is 6.10 Å². The lowest BCUT2D eigenvalue weighted by Gasteiger charge is -2.17.